The number of primary sulfonamides is 1. The van der Waals surface area contributed by atoms with E-state index in [0.29, 0.717) is 15.2 Å². The molecule has 2 aromatic carbocycles. The molecule has 0 bridgehead atoms. The summed E-state index contributed by atoms with van der Waals surface area (Å²) in [6.45, 7) is 5.58. The quantitative estimate of drug-likeness (QED) is 0.457. The van der Waals surface area contributed by atoms with Crippen LogP contribution in [0.1, 0.15) is 16.7 Å². The highest BCUT2D eigenvalue weighted by Gasteiger charge is 2.15. The summed E-state index contributed by atoms with van der Waals surface area (Å²) in [5, 5.41) is 19.9. The van der Waals surface area contributed by atoms with Crippen LogP contribution in [0.4, 0.5) is 16.5 Å². The van der Waals surface area contributed by atoms with Crippen molar-refractivity contribution in [3.8, 4) is 0 Å². The van der Waals surface area contributed by atoms with Gasteiger partial charge < -0.3 is 10.6 Å². The van der Waals surface area contributed by atoms with Crippen LogP contribution in [-0.4, -0.2) is 30.3 Å². The summed E-state index contributed by atoms with van der Waals surface area (Å²) < 4.78 is 23.9. The fraction of sp³-hybridized carbons (Fsp3) is 0.211. The molecule has 0 aliphatic rings. The molecule has 8 nitrogen and oxygen atoms in total. The molecule has 0 fully saturated rings. The molecule has 0 saturated heterocycles. The van der Waals surface area contributed by atoms with Crippen LogP contribution >= 0.6 is 23.1 Å². The summed E-state index contributed by atoms with van der Waals surface area (Å²) in [6, 6.07) is 10.8. The van der Waals surface area contributed by atoms with E-state index < -0.39 is 10.0 Å². The molecule has 0 aliphatic carbocycles. The lowest BCUT2D eigenvalue weighted by Gasteiger charge is -2.12. The number of carbonyl (C=O) groups excluding carboxylic acids is 1. The molecule has 0 saturated carbocycles. The monoisotopic (exact) mass is 463 g/mol. The fourth-order valence-electron chi connectivity index (χ4n) is 2.51. The number of anilines is 3. The van der Waals surface area contributed by atoms with Gasteiger partial charge in [-0.1, -0.05) is 40.8 Å². The maximum absolute atomic E-state index is 12.4. The Kier molecular flexibility index (Phi) is 6.76. The van der Waals surface area contributed by atoms with E-state index in [1.54, 1.807) is 13.8 Å². The number of sulfonamides is 1. The molecule has 1 amide bonds. The summed E-state index contributed by atoms with van der Waals surface area (Å²) in [6.07, 6.45) is 0. The summed E-state index contributed by atoms with van der Waals surface area (Å²) in [4.78, 5) is 12.3. The summed E-state index contributed by atoms with van der Waals surface area (Å²) >= 11 is 2.60. The van der Waals surface area contributed by atoms with Crippen LogP contribution in [0.25, 0.3) is 0 Å². The number of aryl methyl sites for hydroxylation is 2. The van der Waals surface area contributed by atoms with E-state index in [1.807, 2.05) is 31.2 Å². The van der Waals surface area contributed by atoms with Gasteiger partial charge in [0.15, 0.2) is 4.34 Å². The first-order chi connectivity index (χ1) is 14.1. The van der Waals surface area contributed by atoms with Crippen molar-refractivity contribution in [2.24, 2.45) is 5.14 Å². The third-order valence-corrected chi connectivity index (χ3v) is 7.14. The Labute approximate surface area is 183 Å². The molecule has 11 heteroatoms. The second kappa shape index (κ2) is 9.13. The number of nitrogens with one attached hydrogen (secondary N) is 2. The molecular formula is C19H21N5O3S3. The van der Waals surface area contributed by atoms with Crippen molar-refractivity contribution in [3.63, 3.8) is 0 Å². The van der Waals surface area contributed by atoms with Gasteiger partial charge in [-0.2, -0.15) is 0 Å². The number of aromatic nitrogens is 2. The topological polar surface area (TPSA) is 127 Å². The lowest BCUT2D eigenvalue weighted by Crippen LogP contribution is -2.17. The number of hydrogen-bond acceptors (Lipinski definition) is 8. The van der Waals surface area contributed by atoms with E-state index in [-0.39, 0.29) is 16.6 Å². The van der Waals surface area contributed by atoms with Crippen molar-refractivity contribution in [1.29, 1.82) is 0 Å². The highest BCUT2D eigenvalue weighted by atomic mass is 32.2. The molecule has 3 rings (SSSR count). The minimum absolute atomic E-state index is 0.0375. The number of amides is 1. The molecule has 0 aliphatic heterocycles. The third-order valence-electron chi connectivity index (χ3n) is 4.28. The van der Waals surface area contributed by atoms with Crippen molar-refractivity contribution in [2.45, 2.75) is 30.0 Å². The van der Waals surface area contributed by atoms with Crippen molar-refractivity contribution in [3.05, 3.63) is 53.1 Å². The van der Waals surface area contributed by atoms with Gasteiger partial charge >= 0.3 is 0 Å². The molecule has 0 spiro atoms. The van der Waals surface area contributed by atoms with Gasteiger partial charge in [0.25, 0.3) is 0 Å². The van der Waals surface area contributed by atoms with Gasteiger partial charge in [0, 0.05) is 11.4 Å². The van der Waals surface area contributed by atoms with E-state index in [0.717, 1.165) is 16.8 Å². The van der Waals surface area contributed by atoms with Crippen molar-refractivity contribution in [1.82, 2.24) is 10.2 Å². The lowest BCUT2D eigenvalue weighted by atomic mass is 10.1. The van der Waals surface area contributed by atoms with Crippen LogP contribution in [-0.2, 0) is 14.8 Å². The maximum Gasteiger partial charge on any atom is 0.238 e. The van der Waals surface area contributed by atoms with Crippen LogP contribution < -0.4 is 15.8 Å². The minimum Gasteiger partial charge on any atom is -0.330 e. The van der Waals surface area contributed by atoms with E-state index in [9.17, 15) is 13.2 Å². The number of thioether (sulfide) groups is 1. The van der Waals surface area contributed by atoms with Crippen LogP contribution in [0.5, 0.6) is 0 Å². The van der Waals surface area contributed by atoms with Gasteiger partial charge in [0.05, 0.1) is 10.6 Å². The highest BCUT2D eigenvalue weighted by molar-refractivity contribution is 8.01. The van der Waals surface area contributed by atoms with Crippen molar-refractivity contribution in [2.75, 3.05) is 16.4 Å². The fourth-order valence-corrected chi connectivity index (χ4v) is 4.71. The summed E-state index contributed by atoms with van der Waals surface area (Å²) in [5.74, 6) is -0.172. The van der Waals surface area contributed by atoms with Gasteiger partial charge in [0.1, 0.15) is 0 Å². The molecule has 30 heavy (non-hydrogen) atoms. The Morgan fingerprint density at radius 2 is 1.83 bits per heavy atom. The molecule has 4 N–H and O–H groups in total. The number of rotatable bonds is 7. The number of nitrogens with two attached hydrogens (primary N) is 1. The van der Waals surface area contributed by atoms with Crippen LogP contribution in [0.3, 0.4) is 0 Å². The summed E-state index contributed by atoms with van der Waals surface area (Å²) in [5.41, 5.74) is 4.00. The normalized spacial score (nSPS) is 11.3. The van der Waals surface area contributed by atoms with Crippen molar-refractivity contribution < 1.29 is 13.2 Å². The molecular weight excluding hydrogens is 442 g/mol. The highest BCUT2D eigenvalue weighted by Crippen LogP contribution is 2.28. The SMILES string of the molecule is Cc1ccc(Nc2nnc(SCC(=O)Nc3cc(S(N)(=O)=O)cc(C)c3C)s2)cc1. The molecule has 1 aromatic heterocycles. The van der Waals surface area contributed by atoms with Gasteiger partial charge in [-0.05, 0) is 56.2 Å². The predicted octanol–water partition coefficient (Wildman–Crippen LogP) is 3.59. The molecule has 0 unspecified atom stereocenters. The Morgan fingerprint density at radius 3 is 2.50 bits per heavy atom. The first-order valence-corrected chi connectivity index (χ1v) is 12.2. The van der Waals surface area contributed by atoms with Gasteiger partial charge in [-0.25, -0.2) is 13.6 Å². The van der Waals surface area contributed by atoms with Gasteiger partial charge in [-0.3, -0.25) is 4.79 Å². The molecule has 0 atom stereocenters. The van der Waals surface area contributed by atoms with Crippen LogP contribution in [0.15, 0.2) is 45.6 Å². The van der Waals surface area contributed by atoms with E-state index >= 15 is 0 Å². The number of nitrogens with zero attached hydrogens (tertiary/aromatic N) is 2. The Bertz CT molecular complexity index is 1170. The van der Waals surface area contributed by atoms with E-state index in [1.165, 1.54) is 40.8 Å². The Morgan fingerprint density at radius 1 is 1.13 bits per heavy atom. The summed E-state index contributed by atoms with van der Waals surface area (Å²) in [7, 11) is -3.86. The molecule has 3 aromatic rings. The maximum atomic E-state index is 12.4. The Hall–Kier alpha value is -2.47. The second-order valence-corrected chi connectivity index (χ2v) is 10.4. The zero-order valence-corrected chi connectivity index (χ0v) is 19.0. The average molecular weight is 464 g/mol. The standard InChI is InChI=1S/C19H21N5O3S3/c1-11-4-6-14(7-5-11)21-18-23-24-19(29-18)28-10-17(25)22-16-9-15(30(20,26)27)8-12(2)13(16)3/h4-9H,10H2,1-3H3,(H,21,23)(H,22,25)(H2,20,26,27). The third kappa shape index (κ3) is 5.79. The number of carbonyl (C=O) groups is 1. The van der Waals surface area contributed by atoms with Gasteiger partial charge in [-0.15, -0.1) is 10.2 Å². The first kappa shape index (κ1) is 22.2. The van der Waals surface area contributed by atoms with Crippen LogP contribution in [0, 0.1) is 20.8 Å². The largest absolute Gasteiger partial charge is 0.330 e. The number of hydrogen-bond donors (Lipinski definition) is 3. The Balaban J connectivity index is 1.61. The lowest BCUT2D eigenvalue weighted by molar-refractivity contribution is -0.113. The van der Waals surface area contributed by atoms with E-state index in [4.69, 9.17) is 5.14 Å². The van der Waals surface area contributed by atoms with Gasteiger partial charge in [0.2, 0.25) is 21.1 Å². The van der Waals surface area contributed by atoms with Crippen LogP contribution in [0.2, 0.25) is 0 Å². The van der Waals surface area contributed by atoms with Crippen molar-refractivity contribution >= 4 is 55.5 Å². The molecule has 1 heterocycles. The average Bonchev–Trinajstić information content (AvgIpc) is 3.12. The predicted molar refractivity (Wildman–Crippen MR) is 121 cm³/mol. The zero-order chi connectivity index (χ0) is 21.9. The second-order valence-electron chi connectivity index (χ2n) is 6.66. The minimum atomic E-state index is -3.86. The zero-order valence-electron chi connectivity index (χ0n) is 16.6. The number of benzene rings is 2. The first-order valence-electron chi connectivity index (χ1n) is 8.86. The molecule has 0 radical (unpaired) electrons. The molecule has 158 valence electrons. The van der Waals surface area contributed by atoms with E-state index in [2.05, 4.69) is 20.8 Å². The smallest absolute Gasteiger partial charge is 0.238 e.